The minimum atomic E-state index is -0.289. The Kier molecular flexibility index (Phi) is 3.45. The number of aryl methyl sites for hydroxylation is 1. The van der Waals surface area contributed by atoms with Gasteiger partial charge in [-0.05, 0) is 35.6 Å². The molecular formula is C23H18N2O. The van der Waals surface area contributed by atoms with Gasteiger partial charge in [0.2, 0.25) is 0 Å². The third kappa shape index (κ3) is 2.36. The molecule has 0 aliphatic heterocycles. The Balaban J connectivity index is 1.86. The molecule has 126 valence electrons. The van der Waals surface area contributed by atoms with Gasteiger partial charge in [-0.2, -0.15) is 4.98 Å². The van der Waals surface area contributed by atoms with Crippen LogP contribution in [0, 0.1) is 0 Å². The van der Waals surface area contributed by atoms with E-state index in [1.54, 1.807) is 0 Å². The normalized spacial score (nSPS) is 13.1. The second kappa shape index (κ2) is 5.95. The van der Waals surface area contributed by atoms with E-state index in [4.69, 9.17) is 0 Å². The maximum absolute atomic E-state index is 12.4. The van der Waals surface area contributed by atoms with E-state index in [0.717, 1.165) is 58.1 Å². The molecule has 3 heteroatoms. The number of aromatic amines is 1. The zero-order valence-corrected chi connectivity index (χ0v) is 14.3. The van der Waals surface area contributed by atoms with E-state index >= 15 is 0 Å². The van der Waals surface area contributed by atoms with Crippen molar-refractivity contribution in [3.63, 3.8) is 0 Å². The standard InChI is InChI=1S/C23H18N2O/c26-23-24-21-18-12-4-2-8-16(18)10-6-14-20(21)22(25-23)19-13-5-9-15-7-1-3-11-17(15)19/h1-5,7-9,11-13H,6,10,14H2,(H,24,25,26). The number of nitrogens with one attached hydrogen (secondary N) is 1. The molecule has 26 heavy (non-hydrogen) atoms. The maximum atomic E-state index is 12.4. The molecule has 1 heterocycles. The van der Waals surface area contributed by atoms with Gasteiger partial charge >= 0.3 is 5.69 Å². The molecule has 5 rings (SSSR count). The second-order valence-corrected chi connectivity index (χ2v) is 6.78. The molecule has 0 spiro atoms. The summed E-state index contributed by atoms with van der Waals surface area (Å²) in [6, 6.07) is 22.8. The number of rotatable bonds is 1. The van der Waals surface area contributed by atoms with Crippen molar-refractivity contribution < 1.29 is 0 Å². The first kappa shape index (κ1) is 15.1. The van der Waals surface area contributed by atoms with Crippen LogP contribution < -0.4 is 5.69 Å². The first-order valence-corrected chi connectivity index (χ1v) is 9.01. The zero-order valence-electron chi connectivity index (χ0n) is 14.3. The predicted molar refractivity (Wildman–Crippen MR) is 105 cm³/mol. The van der Waals surface area contributed by atoms with Crippen LogP contribution >= 0.6 is 0 Å². The fourth-order valence-electron chi connectivity index (χ4n) is 4.06. The van der Waals surface area contributed by atoms with E-state index < -0.39 is 0 Å². The van der Waals surface area contributed by atoms with Crippen LogP contribution in [0.2, 0.25) is 0 Å². The first-order chi connectivity index (χ1) is 12.8. The molecule has 0 fully saturated rings. The van der Waals surface area contributed by atoms with Crippen molar-refractivity contribution >= 4 is 10.8 Å². The van der Waals surface area contributed by atoms with Crippen LogP contribution in [-0.4, -0.2) is 9.97 Å². The maximum Gasteiger partial charge on any atom is 0.345 e. The number of nitrogens with zero attached hydrogens (tertiary/aromatic N) is 1. The van der Waals surface area contributed by atoms with Crippen LogP contribution in [0.25, 0.3) is 33.3 Å². The molecule has 0 bridgehead atoms. The Morgan fingerprint density at radius 1 is 0.808 bits per heavy atom. The van der Waals surface area contributed by atoms with Crippen molar-refractivity contribution in [2.45, 2.75) is 19.3 Å². The topological polar surface area (TPSA) is 45.8 Å². The van der Waals surface area contributed by atoms with Gasteiger partial charge in [-0.1, -0.05) is 66.7 Å². The van der Waals surface area contributed by atoms with Crippen molar-refractivity contribution in [2.24, 2.45) is 0 Å². The number of benzene rings is 3. The van der Waals surface area contributed by atoms with Crippen LogP contribution in [0.4, 0.5) is 0 Å². The highest BCUT2D eigenvalue weighted by molar-refractivity contribution is 5.97. The fourth-order valence-corrected chi connectivity index (χ4v) is 4.06. The van der Waals surface area contributed by atoms with Crippen LogP contribution in [0.5, 0.6) is 0 Å². The van der Waals surface area contributed by atoms with Gasteiger partial charge in [0, 0.05) is 16.7 Å². The number of hydrogen-bond donors (Lipinski definition) is 1. The number of H-pyrrole nitrogens is 1. The Morgan fingerprint density at radius 2 is 1.58 bits per heavy atom. The SMILES string of the molecule is O=c1nc(-c2cccc3ccccc23)c2c([nH]1)-c1ccccc1CCC2. The number of aromatic nitrogens is 2. The van der Waals surface area contributed by atoms with Gasteiger partial charge in [-0.15, -0.1) is 0 Å². The van der Waals surface area contributed by atoms with Gasteiger partial charge in [0.05, 0.1) is 11.4 Å². The lowest BCUT2D eigenvalue weighted by Gasteiger charge is -2.14. The second-order valence-electron chi connectivity index (χ2n) is 6.78. The van der Waals surface area contributed by atoms with E-state index in [1.807, 2.05) is 24.3 Å². The van der Waals surface area contributed by atoms with Gasteiger partial charge in [-0.25, -0.2) is 4.79 Å². The van der Waals surface area contributed by atoms with Crippen molar-refractivity contribution in [2.75, 3.05) is 0 Å². The highest BCUT2D eigenvalue weighted by Gasteiger charge is 2.21. The van der Waals surface area contributed by atoms with Crippen molar-refractivity contribution in [3.8, 4) is 22.5 Å². The molecule has 1 aromatic heterocycles. The minimum Gasteiger partial charge on any atom is -0.305 e. The van der Waals surface area contributed by atoms with E-state index in [2.05, 4.69) is 52.4 Å². The quantitative estimate of drug-likeness (QED) is 0.544. The molecule has 1 aliphatic rings. The van der Waals surface area contributed by atoms with E-state index in [1.165, 1.54) is 5.56 Å². The minimum absolute atomic E-state index is 0.289. The Hall–Kier alpha value is -3.20. The highest BCUT2D eigenvalue weighted by Crippen LogP contribution is 2.36. The average Bonchev–Trinajstić information content (AvgIpc) is 2.86. The molecule has 0 atom stereocenters. The van der Waals surface area contributed by atoms with Gasteiger partial charge in [0.25, 0.3) is 0 Å². The molecule has 0 radical (unpaired) electrons. The molecule has 0 amide bonds. The monoisotopic (exact) mass is 338 g/mol. The van der Waals surface area contributed by atoms with Crippen LogP contribution in [0.15, 0.2) is 71.5 Å². The van der Waals surface area contributed by atoms with Crippen LogP contribution in [0.3, 0.4) is 0 Å². The van der Waals surface area contributed by atoms with E-state index in [0.29, 0.717) is 0 Å². The highest BCUT2D eigenvalue weighted by atomic mass is 16.1. The summed E-state index contributed by atoms with van der Waals surface area (Å²) >= 11 is 0. The predicted octanol–water partition coefficient (Wildman–Crippen LogP) is 4.75. The molecule has 1 aliphatic carbocycles. The molecule has 0 saturated heterocycles. The largest absolute Gasteiger partial charge is 0.345 e. The smallest absolute Gasteiger partial charge is 0.305 e. The summed E-state index contributed by atoms with van der Waals surface area (Å²) in [5.41, 5.74) is 6.05. The lowest BCUT2D eigenvalue weighted by atomic mass is 9.95. The summed E-state index contributed by atoms with van der Waals surface area (Å²) < 4.78 is 0. The van der Waals surface area contributed by atoms with Gasteiger partial charge < -0.3 is 4.98 Å². The molecule has 3 nitrogen and oxygen atoms in total. The summed E-state index contributed by atoms with van der Waals surface area (Å²) in [7, 11) is 0. The fraction of sp³-hybridized carbons (Fsp3) is 0.130. The molecule has 4 aromatic rings. The van der Waals surface area contributed by atoms with Gasteiger partial charge in [0.15, 0.2) is 0 Å². The summed E-state index contributed by atoms with van der Waals surface area (Å²) in [6.45, 7) is 0. The molecule has 0 unspecified atom stereocenters. The summed E-state index contributed by atoms with van der Waals surface area (Å²) in [5.74, 6) is 0. The van der Waals surface area contributed by atoms with Crippen LogP contribution in [0.1, 0.15) is 17.5 Å². The Bertz CT molecular complexity index is 1180. The zero-order chi connectivity index (χ0) is 17.5. The first-order valence-electron chi connectivity index (χ1n) is 9.01. The lowest BCUT2D eigenvalue weighted by Crippen LogP contribution is -2.15. The third-order valence-corrected chi connectivity index (χ3v) is 5.24. The number of fused-ring (bicyclic) bond motifs is 4. The van der Waals surface area contributed by atoms with E-state index in [9.17, 15) is 4.79 Å². The number of hydrogen-bond acceptors (Lipinski definition) is 2. The van der Waals surface area contributed by atoms with Crippen molar-refractivity contribution in [3.05, 3.63) is 88.3 Å². The van der Waals surface area contributed by atoms with Crippen molar-refractivity contribution in [1.82, 2.24) is 9.97 Å². The molecule has 1 N–H and O–H groups in total. The Labute approximate surface area is 151 Å². The summed E-state index contributed by atoms with van der Waals surface area (Å²) in [5, 5.41) is 2.29. The molecule has 3 aromatic carbocycles. The molecule has 0 saturated carbocycles. The summed E-state index contributed by atoms with van der Waals surface area (Å²) in [6.07, 6.45) is 2.98. The van der Waals surface area contributed by atoms with Gasteiger partial charge in [-0.3, -0.25) is 0 Å². The molecular weight excluding hydrogens is 320 g/mol. The van der Waals surface area contributed by atoms with Gasteiger partial charge in [0.1, 0.15) is 0 Å². The van der Waals surface area contributed by atoms with Crippen LogP contribution in [-0.2, 0) is 12.8 Å². The average molecular weight is 338 g/mol. The lowest BCUT2D eigenvalue weighted by molar-refractivity contribution is 0.829. The van der Waals surface area contributed by atoms with Crippen molar-refractivity contribution in [1.29, 1.82) is 0 Å². The third-order valence-electron chi connectivity index (χ3n) is 5.24. The Morgan fingerprint density at radius 3 is 2.54 bits per heavy atom. The van der Waals surface area contributed by atoms with E-state index in [-0.39, 0.29) is 5.69 Å². The summed E-state index contributed by atoms with van der Waals surface area (Å²) in [4.78, 5) is 19.9.